The van der Waals surface area contributed by atoms with Crippen LogP contribution in [0.1, 0.15) is 16.7 Å². The molecule has 0 radical (unpaired) electrons. The second-order valence-electron chi connectivity index (χ2n) is 10.2. The van der Waals surface area contributed by atoms with Gasteiger partial charge in [-0.1, -0.05) is 24.3 Å². The van der Waals surface area contributed by atoms with Crippen LogP contribution < -0.4 is 10.2 Å². The van der Waals surface area contributed by atoms with E-state index in [1.165, 1.54) is 12.1 Å². The predicted octanol–water partition coefficient (Wildman–Crippen LogP) is 1.39. The number of hydrogen-bond donors (Lipinski definition) is 7. The minimum Gasteiger partial charge on any atom is -0.508 e. The topological polar surface area (TPSA) is 220 Å². The van der Waals surface area contributed by atoms with Crippen molar-refractivity contribution >= 4 is 22.7 Å². The molecule has 2 aliphatic rings. The van der Waals surface area contributed by atoms with Gasteiger partial charge in [0.25, 0.3) is 0 Å². The maximum absolute atomic E-state index is 13.2. The molecule has 3 heterocycles. The number of aliphatic hydroxyl groups is 3. The molecule has 1 fully saturated rings. The molecule has 1 aromatic heterocycles. The third-order valence-corrected chi connectivity index (χ3v) is 7.48. The van der Waals surface area contributed by atoms with Gasteiger partial charge in [-0.05, 0) is 29.3 Å². The molecule has 3 aromatic carbocycles. The summed E-state index contributed by atoms with van der Waals surface area (Å²) in [6.07, 6.45) is -9.35. The highest BCUT2D eigenvalue weighted by Gasteiger charge is 2.48. The highest BCUT2D eigenvalue weighted by molar-refractivity contribution is 6.07. The van der Waals surface area contributed by atoms with Gasteiger partial charge in [-0.15, -0.1) is 0 Å². The Morgan fingerprint density at radius 2 is 1.63 bits per heavy atom. The number of nitrogens with zero attached hydrogens (tertiary/aromatic N) is 1. The fourth-order valence-corrected chi connectivity index (χ4v) is 5.23. The fourth-order valence-electron chi connectivity index (χ4n) is 5.23. The van der Waals surface area contributed by atoms with Gasteiger partial charge in [0.2, 0.25) is 12.0 Å². The summed E-state index contributed by atoms with van der Waals surface area (Å²) in [6, 6.07) is 14.4. The molecule has 0 saturated carbocycles. The minimum atomic E-state index is -1.98. The van der Waals surface area contributed by atoms with Crippen LogP contribution in [-0.2, 0) is 22.5 Å². The number of carbonyl (C=O) groups is 1. The standard InChI is InChI=1S/C30H25NO12/c32-14-5-6-15(16(8-14)17-7-12-3-1-2-4-13(12)11-31-17)19-9-18(33)22-20(41-19)10-21(23(34)24(22)35)42-30-27(38)25(36)26(37)28(43-30)29(39)40/h1-6,8-10,25-28,30,32,34-38H,7,11H2,(H,39,40). The monoisotopic (exact) mass is 591 g/mol. The number of rotatable bonds is 5. The van der Waals surface area contributed by atoms with Gasteiger partial charge in [0.15, 0.2) is 23.0 Å². The van der Waals surface area contributed by atoms with Crippen LogP contribution in [0.2, 0.25) is 0 Å². The van der Waals surface area contributed by atoms with Crippen LogP contribution in [0.15, 0.2) is 68.8 Å². The highest BCUT2D eigenvalue weighted by atomic mass is 16.7. The molecule has 13 nitrogen and oxygen atoms in total. The summed E-state index contributed by atoms with van der Waals surface area (Å²) in [6.45, 7) is 0.416. The summed E-state index contributed by atoms with van der Waals surface area (Å²) in [5.41, 5.74) is 2.67. The molecule has 1 saturated heterocycles. The first-order valence-corrected chi connectivity index (χ1v) is 13.1. The quantitative estimate of drug-likeness (QED) is 0.164. The summed E-state index contributed by atoms with van der Waals surface area (Å²) in [4.78, 5) is 29.3. The number of benzene rings is 3. The molecule has 4 aromatic rings. The van der Waals surface area contributed by atoms with Crippen molar-refractivity contribution in [3.8, 4) is 34.3 Å². The Morgan fingerprint density at radius 1 is 0.884 bits per heavy atom. The molecule has 6 rings (SSSR count). The number of carboxylic acids is 1. The maximum atomic E-state index is 13.2. The number of aliphatic imine (C=N–C) groups is 1. The number of carboxylic acid groups (broad SMARTS) is 1. The second-order valence-corrected chi connectivity index (χ2v) is 10.2. The molecule has 5 atom stereocenters. The second kappa shape index (κ2) is 10.7. The molecule has 43 heavy (non-hydrogen) atoms. The average Bonchev–Trinajstić information content (AvgIpc) is 2.99. The van der Waals surface area contributed by atoms with Crippen LogP contribution >= 0.6 is 0 Å². The summed E-state index contributed by atoms with van der Waals surface area (Å²) >= 11 is 0. The molecular formula is C30H25NO12. The first-order chi connectivity index (χ1) is 20.5. The lowest BCUT2D eigenvalue weighted by atomic mass is 9.92. The van der Waals surface area contributed by atoms with Gasteiger partial charge >= 0.3 is 5.97 Å². The minimum absolute atomic E-state index is 0.0311. The highest BCUT2D eigenvalue weighted by Crippen LogP contribution is 2.43. The van der Waals surface area contributed by atoms with Gasteiger partial charge < -0.3 is 49.6 Å². The number of phenolic OH excluding ortho intramolecular Hbond substituents is 3. The maximum Gasteiger partial charge on any atom is 0.335 e. The molecule has 0 amide bonds. The van der Waals surface area contributed by atoms with Gasteiger partial charge in [-0.3, -0.25) is 9.79 Å². The molecule has 0 spiro atoms. The SMILES string of the molecule is O=C(O)C1OC(Oc2cc3oc(-c4ccc(O)cc4C4=NCc5ccccc5C4)cc(=O)c3c(O)c2O)C(O)C(O)C1O. The van der Waals surface area contributed by atoms with Crippen LogP contribution in [0.5, 0.6) is 23.0 Å². The predicted molar refractivity (Wildman–Crippen MR) is 148 cm³/mol. The largest absolute Gasteiger partial charge is 0.508 e. The molecule has 0 bridgehead atoms. The van der Waals surface area contributed by atoms with E-state index in [0.717, 1.165) is 23.3 Å². The smallest absolute Gasteiger partial charge is 0.335 e. The van der Waals surface area contributed by atoms with E-state index in [2.05, 4.69) is 4.99 Å². The van der Waals surface area contributed by atoms with Crippen LogP contribution in [-0.4, -0.2) is 78.1 Å². The number of aliphatic hydroxyl groups excluding tert-OH is 3. The number of aromatic hydroxyl groups is 3. The zero-order chi connectivity index (χ0) is 30.6. The van der Waals surface area contributed by atoms with E-state index in [0.29, 0.717) is 29.8 Å². The normalized spacial score (nSPS) is 23.4. The van der Waals surface area contributed by atoms with Crippen molar-refractivity contribution < 1.29 is 54.4 Å². The van der Waals surface area contributed by atoms with Crippen LogP contribution in [0, 0.1) is 0 Å². The first-order valence-electron chi connectivity index (χ1n) is 13.1. The Kier molecular flexibility index (Phi) is 7.02. The molecule has 0 aliphatic carbocycles. The molecule has 2 aliphatic heterocycles. The van der Waals surface area contributed by atoms with Crippen molar-refractivity contribution in [3.63, 3.8) is 0 Å². The lowest BCUT2D eigenvalue weighted by Gasteiger charge is -2.38. The summed E-state index contributed by atoms with van der Waals surface area (Å²) in [7, 11) is 0. The van der Waals surface area contributed by atoms with E-state index in [1.54, 1.807) is 6.07 Å². The lowest BCUT2D eigenvalue weighted by Crippen LogP contribution is -2.61. The Bertz CT molecular complexity index is 1850. The first kappa shape index (κ1) is 28.2. The van der Waals surface area contributed by atoms with Crippen LogP contribution in [0.25, 0.3) is 22.3 Å². The Hall–Kier alpha value is -4.95. The van der Waals surface area contributed by atoms with Crippen molar-refractivity contribution in [2.24, 2.45) is 4.99 Å². The molecule has 7 N–H and O–H groups in total. The van der Waals surface area contributed by atoms with Gasteiger partial charge in [0.05, 0.1) is 6.54 Å². The summed E-state index contributed by atoms with van der Waals surface area (Å²) < 4.78 is 16.5. The Labute approximate surface area is 241 Å². The number of fused-ring (bicyclic) bond motifs is 2. The van der Waals surface area contributed by atoms with Crippen molar-refractivity contribution in [2.75, 3.05) is 0 Å². The van der Waals surface area contributed by atoms with E-state index < -0.39 is 64.7 Å². The van der Waals surface area contributed by atoms with E-state index in [9.17, 15) is 45.3 Å². The number of hydrogen-bond acceptors (Lipinski definition) is 12. The van der Waals surface area contributed by atoms with E-state index in [4.69, 9.17) is 13.9 Å². The van der Waals surface area contributed by atoms with Gasteiger partial charge in [0, 0.05) is 35.4 Å². The molecule has 222 valence electrons. The zero-order valence-electron chi connectivity index (χ0n) is 22.1. The molecule has 5 unspecified atom stereocenters. The number of phenols is 3. The van der Waals surface area contributed by atoms with E-state index in [1.807, 2.05) is 24.3 Å². The fraction of sp³-hybridized carbons (Fsp3) is 0.233. The van der Waals surface area contributed by atoms with Gasteiger partial charge in [-0.2, -0.15) is 0 Å². The number of aliphatic carboxylic acids is 1. The van der Waals surface area contributed by atoms with Crippen molar-refractivity contribution in [1.82, 2.24) is 0 Å². The van der Waals surface area contributed by atoms with Gasteiger partial charge in [0.1, 0.15) is 40.8 Å². The number of ether oxygens (including phenoxy) is 2. The van der Waals surface area contributed by atoms with Crippen molar-refractivity contribution in [2.45, 2.75) is 43.7 Å². The van der Waals surface area contributed by atoms with E-state index in [-0.39, 0.29) is 17.1 Å². The van der Waals surface area contributed by atoms with Crippen molar-refractivity contribution in [3.05, 3.63) is 81.5 Å². The lowest BCUT2D eigenvalue weighted by molar-refractivity contribution is -0.271. The molecule has 13 heteroatoms. The van der Waals surface area contributed by atoms with Gasteiger partial charge in [-0.25, -0.2) is 4.79 Å². The Balaban J connectivity index is 1.42. The third kappa shape index (κ3) is 4.93. The van der Waals surface area contributed by atoms with Crippen LogP contribution in [0.3, 0.4) is 0 Å². The summed E-state index contributed by atoms with van der Waals surface area (Å²) in [5, 5.41) is 70.7. The molecular weight excluding hydrogens is 566 g/mol. The Morgan fingerprint density at radius 3 is 2.37 bits per heavy atom. The third-order valence-electron chi connectivity index (χ3n) is 7.48. The summed E-state index contributed by atoms with van der Waals surface area (Å²) in [5.74, 6) is -4.11. The van der Waals surface area contributed by atoms with E-state index >= 15 is 0 Å². The van der Waals surface area contributed by atoms with Crippen molar-refractivity contribution in [1.29, 1.82) is 0 Å². The zero-order valence-corrected chi connectivity index (χ0v) is 22.1. The van der Waals surface area contributed by atoms with Crippen LogP contribution in [0.4, 0.5) is 0 Å². The average molecular weight is 592 g/mol.